The van der Waals surface area contributed by atoms with E-state index in [1.165, 1.54) is 32.1 Å². The third kappa shape index (κ3) is 3.81. The maximum atomic E-state index is 12.7. The number of morpholine rings is 1. The summed E-state index contributed by atoms with van der Waals surface area (Å²) < 4.78 is 6.07. The molecule has 1 heterocycles. The molecule has 0 radical (unpaired) electrons. The summed E-state index contributed by atoms with van der Waals surface area (Å²) in [5.74, 6) is 2.74. The van der Waals surface area contributed by atoms with E-state index in [1.54, 1.807) is 0 Å². The molecule has 3 aliphatic carbocycles. The van der Waals surface area contributed by atoms with Crippen LogP contribution in [0.25, 0.3) is 0 Å². The van der Waals surface area contributed by atoms with Crippen molar-refractivity contribution in [1.29, 1.82) is 0 Å². The van der Waals surface area contributed by atoms with Crippen molar-refractivity contribution in [2.45, 2.75) is 76.1 Å². The smallest absolute Gasteiger partial charge is 0.234 e. The minimum atomic E-state index is 0.218. The first-order chi connectivity index (χ1) is 12.5. The molecule has 0 aromatic rings. The van der Waals surface area contributed by atoms with Crippen LogP contribution < -0.4 is 5.32 Å². The number of fused-ring (bicyclic) bond motifs is 3. The van der Waals surface area contributed by atoms with Gasteiger partial charge in [-0.1, -0.05) is 6.42 Å². The van der Waals surface area contributed by atoms with Gasteiger partial charge in [0.05, 0.1) is 19.3 Å². The van der Waals surface area contributed by atoms with Gasteiger partial charge in [-0.3, -0.25) is 9.69 Å². The molecule has 1 N–H and O–H groups in total. The highest BCUT2D eigenvalue weighted by Crippen LogP contribution is 2.49. The van der Waals surface area contributed by atoms with E-state index in [2.05, 4.69) is 36.1 Å². The number of rotatable bonds is 5. The summed E-state index contributed by atoms with van der Waals surface area (Å²) in [4.78, 5) is 17.4. The number of amides is 1. The predicted molar refractivity (Wildman–Crippen MR) is 103 cm³/mol. The summed E-state index contributed by atoms with van der Waals surface area (Å²) in [6, 6.07) is 1.37. The Bertz CT molecular complexity index is 511. The third-order valence-corrected chi connectivity index (χ3v) is 7.81. The van der Waals surface area contributed by atoms with E-state index in [1.807, 2.05) is 0 Å². The lowest BCUT2D eigenvalue weighted by atomic mass is 9.84. The van der Waals surface area contributed by atoms with Gasteiger partial charge in [0.15, 0.2) is 0 Å². The van der Waals surface area contributed by atoms with Crippen molar-refractivity contribution in [3.05, 3.63) is 0 Å². The number of hydrogen-bond donors (Lipinski definition) is 1. The molecule has 2 bridgehead atoms. The molecule has 4 aliphatic rings. The lowest BCUT2D eigenvalue weighted by Crippen LogP contribution is -2.58. The standard InChI is InChI=1S/C21H37N3O2/c1-14(18-11-15-4-5-16(18)10-15)22-21(25)13-24-8-9-26-20-12-17(23(2)3)6-7-19(20)24/h14-20H,4-13H2,1-3H3,(H,22,25)/t14-,15-,16-,17+,18+,19-,20+/m0/s1. The summed E-state index contributed by atoms with van der Waals surface area (Å²) >= 11 is 0. The van der Waals surface area contributed by atoms with Crippen molar-refractivity contribution in [2.24, 2.45) is 17.8 Å². The van der Waals surface area contributed by atoms with Gasteiger partial charge in [0.1, 0.15) is 0 Å². The molecular formula is C21H37N3O2. The Morgan fingerprint density at radius 3 is 2.73 bits per heavy atom. The Labute approximate surface area is 158 Å². The van der Waals surface area contributed by atoms with E-state index in [0.717, 1.165) is 37.8 Å². The molecule has 4 rings (SSSR count). The normalized spacial score (nSPS) is 41.2. The molecule has 3 saturated carbocycles. The van der Waals surface area contributed by atoms with Crippen molar-refractivity contribution < 1.29 is 9.53 Å². The van der Waals surface area contributed by atoms with E-state index in [4.69, 9.17) is 4.74 Å². The second kappa shape index (κ2) is 7.76. The summed E-state index contributed by atoms with van der Waals surface area (Å²) in [5, 5.41) is 3.35. The molecule has 148 valence electrons. The van der Waals surface area contributed by atoms with Crippen LogP contribution in [0.15, 0.2) is 0 Å². The van der Waals surface area contributed by atoms with Crippen LogP contribution in [0.5, 0.6) is 0 Å². The van der Waals surface area contributed by atoms with Gasteiger partial charge in [-0.05, 0) is 77.3 Å². The number of nitrogens with one attached hydrogen (secondary N) is 1. The van der Waals surface area contributed by atoms with Crippen LogP contribution in [0.3, 0.4) is 0 Å². The zero-order valence-electron chi connectivity index (χ0n) is 16.8. The fraction of sp³-hybridized carbons (Fsp3) is 0.952. The molecule has 1 saturated heterocycles. The molecule has 0 unspecified atom stereocenters. The highest BCUT2D eigenvalue weighted by Gasteiger charge is 2.43. The average Bonchev–Trinajstić information content (AvgIpc) is 3.24. The maximum Gasteiger partial charge on any atom is 0.234 e. The monoisotopic (exact) mass is 363 g/mol. The van der Waals surface area contributed by atoms with E-state index >= 15 is 0 Å². The first-order valence-corrected chi connectivity index (χ1v) is 10.8. The number of nitrogens with zero attached hydrogens (tertiary/aromatic N) is 2. The van der Waals surface area contributed by atoms with Gasteiger partial charge in [-0.25, -0.2) is 0 Å². The van der Waals surface area contributed by atoms with E-state index in [0.29, 0.717) is 36.7 Å². The molecule has 7 atom stereocenters. The summed E-state index contributed by atoms with van der Waals surface area (Å²) in [5.41, 5.74) is 0. The van der Waals surface area contributed by atoms with E-state index in [9.17, 15) is 4.79 Å². The van der Waals surface area contributed by atoms with Gasteiger partial charge in [-0.2, -0.15) is 0 Å². The van der Waals surface area contributed by atoms with E-state index in [-0.39, 0.29) is 5.91 Å². The molecule has 1 aliphatic heterocycles. The van der Waals surface area contributed by atoms with Crippen molar-refractivity contribution in [3.63, 3.8) is 0 Å². The van der Waals surface area contributed by atoms with E-state index < -0.39 is 0 Å². The molecule has 0 aromatic heterocycles. The maximum absolute atomic E-state index is 12.7. The summed E-state index contributed by atoms with van der Waals surface area (Å²) in [6.07, 6.45) is 9.28. The van der Waals surface area contributed by atoms with Gasteiger partial charge in [-0.15, -0.1) is 0 Å². The minimum absolute atomic E-state index is 0.218. The van der Waals surface area contributed by atoms with Crippen LogP contribution >= 0.6 is 0 Å². The molecular weight excluding hydrogens is 326 g/mol. The zero-order chi connectivity index (χ0) is 18.3. The number of ether oxygens (including phenoxy) is 1. The Hall–Kier alpha value is -0.650. The molecule has 5 nitrogen and oxygen atoms in total. The molecule has 26 heavy (non-hydrogen) atoms. The SMILES string of the molecule is C[C@H](NC(=O)CN1CCO[C@@H]2C[C@H](N(C)C)CC[C@@H]21)[C@H]1C[C@H]2CC[C@H]1C2. The zero-order valence-corrected chi connectivity index (χ0v) is 16.8. The molecule has 4 fully saturated rings. The molecule has 5 heteroatoms. The number of carbonyl (C=O) groups is 1. The van der Waals surface area contributed by atoms with Gasteiger partial charge in [0, 0.05) is 24.7 Å². The fourth-order valence-electron chi connectivity index (χ4n) is 6.34. The first-order valence-electron chi connectivity index (χ1n) is 10.8. The third-order valence-electron chi connectivity index (χ3n) is 7.81. The number of hydrogen-bond acceptors (Lipinski definition) is 4. The Morgan fingerprint density at radius 1 is 1.19 bits per heavy atom. The topological polar surface area (TPSA) is 44.8 Å². The number of carbonyl (C=O) groups excluding carboxylic acids is 1. The van der Waals surface area contributed by atoms with Gasteiger partial charge >= 0.3 is 0 Å². The van der Waals surface area contributed by atoms with Crippen LogP contribution in [-0.2, 0) is 9.53 Å². The lowest BCUT2D eigenvalue weighted by molar-refractivity contribution is -0.132. The second-order valence-electron chi connectivity index (χ2n) is 9.57. The molecule has 0 aromatic carbocycles. The minimum Gasteiger partial charge on any atom is -0.375 e. The van der Waals surface area contributed by atoms with Crippen LogP contribution in [0.2, 0.25) is 0 Å². The van der Waals surface area contributed by atoms with Crippen molar-refractivity contribution in [3.8, 4) is 0 Å². The molecule has 1 amide bonds. The lowest BCUT2D eigenvalue weighted by Gasteiger charge is -2.46. The van der Waals surface area contributed by atoms with Crippen LogP contribution in [-0.4, -0.2) is 73.7 Å². The summed E-state index contributed by atoms with van der Waals surface area (Å²) in [7, 11) is 4.33. The van der Waals surface area contributed by atoms with Crippen molar-refractivity contribution >= 4 is 5.91 Å². The van der Waals surface area contributed by atoms with Crippen LogP contribution in [0.1, 0.15) is 51.9 Å². The largest absolute Gasteiger partial charge is 0.375 e. The van der Waals surface area contributed by atoms with Gasteiger partial charge in [0.2, 0.25) is 5.91 Å². The predicted octanol–water partition coefficient (Wildman–Crippen LogP) is 2.11. The highest BCUT2D eigenvalue weighted by molar-refractivity contribution is 5.78. The van der Waals surface area contributed by atoms with Crippen LogP contribution in [0, 0.1) is 17.8 Å². The quantitative estimate of drug-likeness (QED) is 0.813. The van der Waals surface area contributed by atoms with Crippen molar-refractivity contribution in [1.82, 2.24) is 15.1 Å². The van der Waals surface area contributed by atoms with Gasteiger partial charge in [0.25, 0.3) is 0 Å². The Morgan fingerprint density at radius 2 is 2.04 bits per heavy atom. The van der Waals surface area contributed by atoms with Gasteiger partial charge < -0.3 is 15.0 Å². The van der Waals surface area contributed by atoms with Crippen molar-refractivity contribution in [2.75, 3.05) is 33.8 Å². The first kappa shape index (κ1) is 18.7. The Kier molecular flexibility index (Phi) is 5.58. The highest BCUT2D eigenvalue weighted by atomic mass is 16.5. The second-order valence-corrected chi connectivity index (χ2v) is 9.57. The summed E-state index contributed by atoms with van der Waals surface area (Å²) in [6.45, 7) is 4.43. The fourth-order valence-corrected chi connectivity index (χ4v) is 6.34. The van der Waals surface area contributed by atoms with Crippen LogP contribution in [0.4, 0.5) is 0 Å². The average molecular weight is 364 g/mol. The molecule has 0 spiro atoms. The Balaban J connectivity index is 1.28.